The second kappa shape index (κ2) is 8.77. The Bertz CT molecular complexity index is 561. The van der Waals surface area contributed by atoms with Gasteiger partial charge in [0.05, 0.1) is 12.5 Å². The predicted octanol–water partition coefficient (Wildman–Crippen LogP) is 2.27. The molecule has 0 saturated carbocycles. The van der Waals surface area contributed by atoms with Crippen molar-refractivity contribution in [1.29, 1.82) is 5.26 Å². The summed E-state index contributed by atoms with van der Waals surface area (Å²) in [7, 11) is 1.55. The standard InChI is InChI=1S/C15H15ClN2O3/c1-18(10-2-9-17)14(19)11-21-15(20)8-5-12-3-6-13(16)7-4-12/h3-8H,2,10-11H2,1H3/b8-5+. The van der Waals surface area contributed by atoms with Crippen LogP contribution >= 0.6 is 11.6 Å². The summed E-state index contributed by atoms with van der Waals surface area (Å²) in [6, 6.07) is 8.87. The number of carbonyl (C=O) groups excluding carboxylic acids is 2. The monoisotopic (exact) mass is 306 g/mol. The van der Waals surface area contributed by atoms with Crippen molar-refractivity contribution >= 4 is 29.6 Å². The molecule has 0 N–H and O–H groups in total. The summed E-state index contributed by atoms with van der Waals surface area (Å²) in [6.07, 6.45) is 3.06. The predicted molar refractivity (Wildman–Crippen MR) is 79.3 cm³/mol. The number of halogens is 1. The van der Waals surface area contributed by atoms with Gasteiger partial charge in [-0.3, -0.25) is 4.79 Å². The lowest BCUT2D eigenvalue weighted by Gasteiger charge is -2.14. The van der Waals surface area contributed by atoms with Crippen LogP contribution < -0.4 is 0 Å². The third kappa shape index (κ3) is 6.59. The van der Waals surface area contributed by atoms with Gasteiger partial charge in [-0.25, -0.2) is 4.79 Å². The van der Waals surface area contributed by atoms with E-state index < -0.39 is 5.97 Å². The average molecular weight is 307 g/mol. The summed E-state index contributed by atoms with van der Waals surface area (Å²) in [5.74, 6) is -0.953. The topological polar surface area (TPSA) is 70.4 Å². The molecule has 0 fully saturated rings. The molecule has 5 nitrogen and oxygen atoms in total. The summed E-state index contributed by atoms with van der Waals surface area (Å²) in [6.45, 7) is -0.0286. The fourth-order valence-electron chi connectivity index (χ4n) is 1.37. The zero-order chi connectivity index (χ0) is 15.7. The van der Waals surface area contributed by atoms with Gasteiger partial charge in [0, 0.05) is 24.7 Å². The summed E-state index contributed by atoms with van der Waals surface area (Å²) >= 11 is 5.75. The Morgan fingerprint density at radius 1 is 1.38 bits per heavy atom. The summed E-state index contributed by atoms with van der Waals surface area (Å²) in [4.78, 5) is 24.4. The maximum atomic E-state index is 11.6. The van der Waals surface area contributed by atoms with Crippen molar-refractivity contribution in [2.24, 2.45) is 0 Å². The molecule has 1 amide bonds. The van der Waals surface area contributed by atoms with Crippen LogP contribution in [0.15, 0.2) is 30.3 Å². The molecular weight excluding hydrogens is 292 g/mol. The number of amides is 1. The molecule has 0 bridgehead atoms. The number of hydrogen-bond donors (Lipinski definition) is 0. The maximum Gasteiger partial charge on any atom is 0.331 e. The molecule has 0 aliphatic rings. The van der Waals surface area contributed by atoms with Crippen molar-refractivity contribution < 1.29 is 14.3 Å². The molecule has 1 rings (SSSR count). The van der Waals surface area contributed by atoms with E-state index in [1.165, 1.54) is 11.0 Å². The molecule has 0 unspecified atom stereocenters. The van der Waals surface area contributed by atoms with Crippen molar-refractivity contribution in [3.05, 3.63) is 40.9 Å². The number of likely N-dealkylation sites (N-methyl/N-ethyl adjacent to an activating group) is 1. The Kier molecular flexibility index (Phi) is 6.99. The Morgan fingerprint density at radius 3 is 2.67 bits per heavy atom. The largest absolute Gasteiger partial charge is 0.452 e. The molecule has 0 heterocycles. The minimum atomic E-state index is -0.605. The van der Waals surface area contributed by atoms with E-state index in [4.69, 9.17) is 21.6 Å². The average Bonchev–Trinajstić information content (AvgIpc) is 2.49. The van der Waals surface area contributed by atoms with E-state index >= 15 is 0 Å². The lowest BCUT2D eigenvalue weighted by atomic mass is 10.2. The number of rotatable bonds is 6. The molecule has 1 aromatic rings. The highest BCUT2D eigenvalue weighted by molar-refractivity contribution is 6.30. The Morgan fingerprint density at radius 2 is 2.05 bits per heavy atom. The number of ether oxygens (including phenoxy) is 1. The van der Waals surface area contributed by atoms with Gasteiger partial charge in [0.1, 0.15) is 0 Å². The van der Waals surface area contributed by atoms with Crippen molar-refractivity contribution in [3.8, 4) is 6.07 Å². The van der Waals surface area contributed by atoms with Gasteiger partial charge in [-0.2, -0.15) is 5.26 Å². The van der Waals surface area contributed by atoms with Crippen LogP contribution in [0.25, 0.3) is 6.08 Å². The van der Waals surface area contributed by atoms with Gasteiger partial charge in [-0.1, -0.05) is 23.7 Å². The molecule has 0 atom stereocenters. The lowest BCUT2D eigenvalue weighted by molar-refractivity contribution is -0.147. The molecule has 6 heteroatoms. The highest BCUT2D eigenvalue weighted by Gasteiger charge is 2.10. The van der Waals surface area contributed by atoms with E-state index in [0.29, 0.717) is 11.6 Å². The van der Waals surface area contributed by atoms with Crippen LogP contribution in [0.3, 0.4) is 0 Å². The Hall–Kier alpha value is -2.32. The van der Waals surface area contributed by atoms with E-state index in [-0.39, 0.29) is 18.9 Å². The van der Waals surface area contributed by atoms with Crippen LogP contribution in [0.1, 0.15) is 12.0 Å². The molecule has 0 spiro atoms. The molecule has 110 valence electrons. The van der Waals surface area contributed by atoms with Crippen LogP contribution in [0.2, 0.25) is 5.02 Å². The third-order valence-electron chi connectivity index (χ3n) is 2.60. The zero-order valence-electron chi connectivity index (χ0n) is 11.6. The van der Waals surface area contributed by atoms with Gasteiger partial charge in [0.2, 0.25) is 0 Å². The molecule has 1 aromatic carbocycles. The van der Waals surface area contributed by atoms with Crippen LogP contribution in [-0.4, -0.2) is 37.0 Å². The first kappa shape index (κ1) is 16.7. The van der Waals surface area contributed by atoms with Gasteiger partial charge in [-0.15, -0.1) is 0 Å². The smallest absolute Gasteiger partial charge is 0.331 e. The van der Waals surface area contributed by atoms with Crippen molar-refractivity contribution in [3.63, 3.8) is 0 Å². The second-order valence-corrected chi connectivity index (χ2v) is 4.65. The third-order valence-corrected chi connectivity index (χ3v) is 2.86. The van der Waals surface area contributed by atoms with E-state index in [1.807, 2.05) is 6.07 Å². The van der Waals surface area contributed by atoms with Gasteiger partial charge in [0.15, 0.2) is 6.61 Å². The van der Waals surface area contributed by atoms with E-state index in [9.17, 15) is 9.59 Å². The first-order valence-corrected chi connectivity index (χ1v) is 6.62. The number of benzene rings is 1. The fourth-order valence-corrected chi connectivity index (χ4v) is 1.50. The fraction of sp³-hybridized carbons (Fsp3) is 0.267. The lowest BCUT2D eigenvalue weighted by Crippen LogP contribution is -2.31. The molecule has 0 aliphatic carbocycles. The number of esters is 1. The Balaban J connectivity index is 2.38. The van der Waals surface area contributed by atoms with Crippen LogP contribution in [0.5, 0.6) is 0 Å². The number of nitriles is 1. The van der Waals surface area contributed by atoms with Crippen LogP contribution in [-0.2, 0) is 14.3 Å². The molecule has 0 radical (unpaired) electrons. The zero-order valence-corrected chi connectivity index (χ0v) is 12.3. The maximum absolute atomic E-state index is 11.6. The molecule has 21 heavy (non-hydrogen) atoms. The second-order valence-electron chi connectivity index (χ2n) is 4.22. The highest BCUT2D eigenvalue weighted by atomic mass is 35.5. The first-order valence-electron chi connectivity index (χ1n) is 6.24. The molecule has 0 saturated heterocycles. The quantitative estimate of drug-likeness (QED) is 0.597. The SMILES string of the molecule is CN(CCC#N)C(=O)COC(=O)/C=C/c1ccc(Cl)cc1. The number of nitrogens with zero attached hydrogens (tertiary/aromatic N) is 2. The van der Waals surface area contributed by atoms with Gasteiger partial charge >= 0.3 is 5.97 Å². The normalized spacial score (nSPS) is 10.1. The van der Waals surface area contributed by atoms with Crippen molar-refractivity contribution in [2.45, 2.75) is 6.42 Å². The van der Waals surface area contributed by atoms with Crippen LogP contribution in [0, 0.1) is 11.3 Å². The van der Waals surface area contributed by atoms with E-state index in [2.05, 4.69) is 0 Å². The van der Waals surface area contributed by atoms with Crippen LogP contribution in [0.4, 0.5) is 0 Å². The Labute approximate surface area is 128 Å². The summed E-state index contributed by atoms with van der Waals surface area (Å²) in [5.41, 5.74) is 0.800. The molecular formula is C15H15ClN2O3. The van der Waals surface area contributed by atoms with Crippen molar-refractivity contribution in [2.75, 3.05) is 20.2 Å². The minimum absolute atomic E-state index is 0.243. The van der Waals surface area contributed by atoms with Gasteiger partial charge in [-0.05, 0) is 23.8 Å². The summed E-state index contributed by atoms with van der Waals surface area (Å²) < 4.78 is 4.82. The highest BCUT2D eigenvalue weighted by Crippen LogP contribution is 2.10. The molecule has 0 aromatic heterocycles. The van der Waals surface area contributed by atoms with E-state index in [1.54, 1.807) is 37.4 Å². The van der Waals surface area contributed by atoms with Gasteiger partial charge in [0.25, 0.3) is 5.91 Å². The molecule has 0 aliphatic heterocycles. The van der Waals surface area contributed by atoms with Gasteiger partial charge < -0.3 is 9.64 Å². The summed E-state index contributed by atoms with van der Waals surface area (Å²) in [5, 5.41) is 9.03. The number of hydrogen-bond acceptors (Lipinski definition) is 4. The van der Waals surface area contributed by atoms with E-state index in [0.717, 1.165) is 5.56 Å². The first-order chi connectivity index (χ1) is 10.0. The number of carbonyl (C=O) groups is 2. The van der Waals surface area contributed by atoms with Crippen molar-refractivity contribution in [1.82, 2.24) is 4.90 Å². The minimum Gasteiger partial charge on any atom is -0.452 e.